The molecule has 0 N–H and O–H groups in total. The number of thiazole rings is 1. The standard InChI is InChI=1S/C20H27N5OS.ClH/c1-6-24(7-2)10-11-25(19(26)17-8-9-21-23(17)5)20-22-16-13-14(3)12-15(4)18(16)27-20;/h8-9,12-13H,6-7,10-11H2,1-5H3;1H. The molecule has 1 aromatic carbocycles. The topological polar surface area (TPSA) is 54.3 Å². The third-order valence-electron chi connectivity index (χ3n) is 4.86. The molecule has 1 amide bonds. The molecule has 152 valence electrons. The van der Waals surface area contributed by atoms with Crippen LogP contribution in [0.2, 0.25) is 0 Å². The second-order valence-corrected chi connectivity index (χ2v) is 7.73. The molecule has 0 aliphatic rings. The number of carbonyl (C=O) groups is 1. The van der Waals surface area contributed by atoms with Crippen molar-refractivity contribution < 1.29 is 4.79 Å². The molecule has 0 bridgehead atoms. The van der Waals surface area contributed by atoms with E-state index in [0.717, 1.165) is 35.0 Å². The Hall–Kier alpha value is -1.96. The highest BCUT2D eigenvalue weighted by molar-refractivity contribution is 7.22. The predicted molar refractivity (Wildman–Crippen MR) is 119 cm³/mol. The van der Waals surface area contributed by atoms with Crippen molar-refractivity contribution in [3.8, 4) is 0 Å². The van der Waals surface area contributed by atoms with E-state index in [2.05, 4.69) is 49.8 Å². The maximum Gasteiger partial charge on any atom is 0.278 e. The summed E-state index contributed by atoms with van der Waals surface area (Å²) in [7, 11) is 1.79. The van der Waals surface area contributed by atoms with Crippen LogP contribution in [0.15, 0.2) is 24.4 Å². The summed E-state index contributed by atoms with van der Waals surface area (Å²) in [6.07, 6.45) is 1.65. The summed E-state index contributed by atoms with van der Waals surface area (Å²) >= 11 is 1.58. The number of anilines is 1. The summed E-state index contributed by atoms with van der Waals surface area (Å²) in [5.41, 5.74) is 3.91. The molecule has 0 unspecified atom stereocenters. The lowest BCUT2D eigenvalue weighted by Gasteiger charge is -2.24. The molecule has 0 saturated carbocycles. The molecular weight excluding hydrogens is 394 g/mol. The molecule has 0 fully saturated rings. The average molecular weight is 422 g/mol. The van der Waals surface area contributed by atoms with Crippen LogP contribution < -0.4 is 4.90 Å². The van der Waals surface area contributed by atoms with Gasteiger partial charge in [0.2, 0.25) is 0 Å². The smallest absolute Gasteiger partial charge is 0.278 e. The molecule has 0 spiro atoms. The van der Waals surface area contributed by atoms with Gasteiger partial charge in [0.15, 0.2) is 5.13 Å². The normalized spacial score (nSPS) is 11.1. The molecule has 0 saturated heterocycles. The molecule has 3 rings (SSSR count). The van der Waals surface area contributed by atoms with E-state index in [1.807, 2.05) is 0 Å². The van der Waals surface area contributed by atoms with E-state index in [-0.39, 0.29) is 18.3 Å². The molecule has 0 aliphatic heterocycles. The van der Waals surface area contributed by atoms with E-state index in [4.69, 9.17) is 4.98 Å². The Bertz CT molecular complexity index is 947. The van der Waals surface area contributed by atoms with Crippen LogP contribution in [0, 0.1) is 13.8 Å². The summed E-state index contributed by atoms with van der Waals surface area (Å²) in [4.78, 5) is 22.2. The zero-order valence-electron chi connectivity index (χ0n) is 17.1. The Morgan fingerprint density at radius 1 is 1.18 bits per heavy atom. The van der Waals surface area contributed by atoms with Gasteiger partial charge in [0.25, 0.3) is 5.91 Å². The third-order valence-corrected chi connectivity index (χ3v) is 6.09. The summed E-state index contributed by atoms with van der Waals surface area (Å²) in [5.74, 6) is -0.0596. The molecule has 2 aromatic heterocycles. The second kappa shape index (κ2) is 9.49. The zero-order chi connectivity index (χ0) is 19.6. The monoisotopic (exact) mass is 421 g/mol. The number of aromatic nitrogens is 3. The van der Waals surface area contributed by atoms with Gasteiger partial charge < -0.3 is 4.90 Å². The van der Waals surface area contributed by atoms with Gasteiger partial charge in [-0.2, -0.15) is 5.10 Å². The fourth-order valence-electron chi connectivity index (χ4n) is 3.27. The van der Waals surface area contributed by atoms with Crippen molar-refractivity contribution in [2.75, 3.05) is 31.1 Å². The average Bonchev–Trinajstić information content (AvgIpc) is 3.24. The summed E-state index contributed by atoms with van der Waals surface area (Å²) < 4.78 is 2.76. The molecule has 0 radical (unpaired) electrons. The van der Waals surface area contributed by atoms with Crippen molar-refractivity contribution in [1.82, 2.24) is 19.7 Å². The first-order valence-corrected chi connectivity index (χ1v) is 10.2. The maximum atomic E-state index is 13.3. The number of likely N-dealkylation sites (N-methyl/N-ethyl adjacent to an activating group) is 1. The van der Waals surface area contributed by atoms with E-state index in [9.17, 15) is 4.79 Å². The number of hydrogen-bond acceptors (Lipinski definition) is 5. The third kappa shape index (κ3) is 4.54. The zero-order valence-corrected chi connectivity index (χ0v) is 18.7. The minimum Gasteiger partial charge on any atom is -0.302 e. The highest BCUT2D eigenvalue weighted by Gasteiger charge is 2.24. The molecule has 0 atom stereocenters. The SMILES string of the molecule is CCN(CC)CCN(C(=O)c1ccnn1C)c1nc2cc(C)cc(C)c2s1.Cl. The number of carbonyl (C=O) groups excluding carboxylic acids is 1. The highest BCUT2D eigenvalue weighted by Crippen LogP contribution is 2.32. The van der Waals surface area contributed by atoms with Crippen LogP contribution in [0.5, 0.6) is 0 Å². The number of hydrogen-bond donors (Lipinski definition) is 0. The minimum atomic E-state index is -0.0596. The number of aryl methyl sites for hydroxylation is 3. The molecule has 3 aromatic rings. The lowest BCUT2D eigenvalue weighted by molar-refractivity contribution is 0.0974. The Balaban J connectivity index is 0.00000280. The largest absolute Gasteiger partial charge is 0.302 e. The molecule has 2 heterocycles. The van der Waals surface area contributed by atoms with Gasteiger partial charge in [-0.15, -0.1) is 12.4 Å². The van der Waals surface area contributed by atoms with E-state index in [1.165, 1.54) is 11.1 Å². The van der Waals surface area contributed by atoms with Crippen LogP contribution in [-0.4, -0.2) is 51.8 Å². The number of amides is 1. The summed E-state index contributed by atoms with van der Waals surface area (Å²) in [5, 5.41) is 4.90. The Kier molecular flexibility index (Phi) is 7.57. The first-order valence-electron chi connectivity index (χ1n) is 9.34. The molecule has 28 heavy (non-hydrogen) atoms. The summed E-state index contributed by atoms with van der Waals surface area (Å²) in [6.45, 7) is 11.8. The van der Waals surface area contributed by atoms with Gasteiger partial charge in [-0.1, -0.05) is 31.3 Å². The Labute approximate surface area is 176 Å². The fourth-order valence-corrected chi connectivity index (χ4v) is 4.31. The first kappa shape index (κ1) is 22.3. The molecule has 0 aliphatic carbocycles. The van der Waals surface area contributed by atoms with Crippen LogP contribution in [0.3, 0.4) is 0 Å². The molecular formula is C20H28ClN5OS. The van der Waals surface area contributed by atoms with Gasteiger partial charge in [0.1, 0.15) is 5.69 Å². The van der Waals surface area contributed by atoms with Crippen molar-refractivity contribution in [2.45, 2.75) is 27.7 Å². The number of nitrogens with zero attached hydrogens (tertiary/aromatic N) is 5. The van der Waals surface area contributed by atoms with Gasteiger partial charge in [0.05, 0.1) is 10.2 Å². The number of benzene rings is 1. The van der Waals surface area contributed by atoms with Crippen LogP contribution in [0.25, 0.3) is 10.2 Å². The van der Waals surface area contributed by atoms with Crippen LogP contribution in [0.1, 0.15) is 35.5 Å². The fraction of sp³-hybridized carbons (Fsp3) is 0.450. The lowest BCUT2D eigenvalue weighted by atomic mass is 10.1. The van der Waals surface area contributed by atoms with Gasteiger partial charge in [0, 0.05) is 26.3 Å². The Morgan fingerprint density at radius 2 is 1.89 bits per heavy atom. The van der Waals surface area contributed by atoms with Crippen molar-refractivity contribution in [1.29, 1.82) is 0 Å². The van der Waals surface area contributed by atoms with Gasteiger partial charge in [-0.25, -0.2) is 4.98 Å². The summed E-state index contributed by atoms with van der Waals surface area (Å²) in [6, 6.07) is 6.00. The van der Waals surface area contributed by atoms with Crippen molar-refractivity contribution in [3.05, 3.63) is 41.2 Å². The number of rotatable bonds is 7. The van der Waals surface area contributed by atoms with Gasteiger partial charge in [-0.3, -0.25) is 14.4 Å². The molecule has 8 heteroatoms. The van der Waals surface area contributed by atoms with Crippen molar-refractivity contribution in [2.24, 2.45) is 7.05 Å². The Morgan fingerprint density at radius 3 is 2.50 bits per heavy atom. The van der Waals surface area contributed by atoms with Crippen LogP contribution in [-0.2, 0) is 7.05 Å². The number of halogens is 1. The lowest BCUT2D eigenvalue weighted by Crippen LogP contribution is -2.39. The quantitative estimate of drug-likeness (QED) is 0.577. The van der Waals surface area contributed by atoms with Crippen molar-refractivity contribution >= 4 is 45.0 Å². The van der Waals surface area contributed by atoms with E-state index >= 15 is 0 Å². The second-order valence-electron chi connectivity index (χ2n) is 6.75. The highest BCUT2D eigenvalue weighted by atomic mass is 35.5. The van der Waals surface area contributed by atoms with Crippen molar-refractivity contribution in [3.63, 3.8) is 0 Å². The van der Waals surface area contributed by atoms with Gasteiger partial charge in [-0.05, 0) is 50.2 Å². The van der Waals surface area contributed by atoms with Crippen LogP contribution in [0.4, 0.5) is 5.13 Å². The number of fused-ring (bicyclic) bond motifs is 1. The van der Waals surface area contributed by atoms with E-state index in [0.29, 0.717) is 12.2 Å². The van der Waals surface area contributed by atoms with Gasteiger partial charge >= 0.3 is 0 Å². The van der Waals surface area contributed by atoms with Crippen LogP contribution >= 0.6 is 23.7 Å². The van der Waals surface area contributed by atoms with E-state index < -0.39 is 0 Å². The maximum absolute atomic E-state index is 13.3. The minimum absolute atomic E-state index is 0. The molecule has 6 nitrogen and oxygen atoms in total. The first-order chi connectivity index (χ1) is 12.9. The predicted octanol–water partition coefficient (Wildman–Crippen LogP) is 4.06. The van der Waals surface area contributed by atoms with E-state index in [1.54, 1.807) is 40.2 Å².